The second kappa shape index (κ2) is 10.8. The van der Waals surface area contributed by atoms with Crippen molar-refractivity contribution in [2.45, 2.75) is 32.7 Å². The van der Waals surface area contributed by atoms with Crippen LogP contribution >= 0.6 is 15.9 Å². The Hall–Kier alpha value is -2.39. The lowest BCUT2D eigenvalue weighted by Gasteiger charge is -2.35. The van der Waals surface area contributed by atoms with Crippen LogP contribution in [0.2, 0.25) is 0 Å². The van der Waals surface area contributed by atoms with E-state index in [1.165, 1.54) is 0 Å². The number of hydrogen-bond donors (Lipinski definition) is 2. The number of benzene rings is 1. The van der Waals surface area contributed by atoms with Gasteiger partial charge >= 0.3 is 18.0 Å². The molecule has 3 rings (SSSR count). The first-order valence-corrected chi connectivity index (χ1v) is 11.3. The summed E-state index contributed by atoms with van der Waals surface area (Å²) in [6.07, 6.45) is 1.37. The van der Waals surface area contributed by atoms with E-state index in [-0.39, 0.29) is 24.5 Å². The number of nitrogens with zero attached hydrogens (tertiary/aromatic N) is 1. The van der Waals surface area contributed by atoms with Gasteiger partial charge in [-0.15, -0.1) is 0 Å². The third-order valence-corrected chi connectivity index (χ3v) is 5.91. The third-order valence-electron chi connectivity index (χ3n) is 5.42. The largest absolute Gasteiger partial charge is 0.466 e. The monoisotopic (exact) mass is 493 g/mol. The molecule has 9 heteroatoms. The number of ether oxygens (including phenoxy) is 2. The van der Waals surface area contributed by atoms with Gasteiger partial charge in [-0.1, -0.05) is 28.1 Å². The number of amides is 2. The SMILES string of the molecule is CCOC(=O)C1=C(CN2CCC(C(=O)OCC)CC2)NC(=O)N[C@@H]1c1cccc(Br)c1. The van der Waals surface area contributed by atoms with E-state index in [1.54, 1.807) is 13.8 Å². The summed E-state index contributed by atoms with van der Waals surface area (Å²) in [5.41, 5.74) is 1.71. The molecule has 1 saturated heterocycles. The minimum absolute atomic E-state index is 0.105. The Morgan fingerprint density at radius 3 is 2.52 bits per heavy atom. The van der Waals surface area contributed by atoms with Crippen molar-refractivity contribution in [2.24, 2.45) is 5.92 Å². The zero-order valence-corrected chi connectivity index (χ0v) is 19.4. The molecule has 2 aliphatic rings. The topological polar surface area (TPSA) is 97.0 Å². The number of likely N-dealkylation sites (tertiary alicyclic amines) is 1. The summed E-state index contributed by atoms with van der Waals surface area (Å²) < 4.78 is 11.3. The summed E-state index contributed by atoms with van der Waals surface area (Å²) in [6.45, 7) is 5.91. The van der Waals surface area contributed by atoms with Crippen LogP contribution < -0.4 is 10.6 Å². The predicted octanol–water partition coefficient (Wildman–Crippen LogP) is 2.90. The normalized spacial score (nSPS) is 20.1. The van der Waals surface area contributed by atoms with Gasteiger partial charge in [0, 0.05) is 16.7 Å². The van der Waals surface area contributed by atoms with E-state index in [9.17, 15) is 14.4 Å². The Kier molecular flexibility index (Phi) is 8.09. The Morgan fingerprint density at radius 2 is 1.87 bits per heavy atom. The van der Waals surface area contributed by atoms with Crippen molar-refractivity contribution in [1.82, 2.24) is 15.5 Å². The maximum Gasteiger partial charge on any atom is 0.338 e. The van der Waals surface area contributed by atoms with Crippen LogP contribution in [0, 0.1) is 5.92 Å². The van der Waals surface area contributed by atoms with Gasteiger partial charge < -0.3 is 20.1 Å². The van der Waals surface area contributed by atoms with Crippen LogP contribution in [0.5, 0.6) is 0 Å². The summed E-state index contributed by atoms with van der Waals surface area (Å²) in [5, 5.41) is 5.65. The van der Waals surface area contributed by atoms with Gasteiger partial charge in [-0.2, -0.15) is 0 Å². The van der Waals surface area contributed by atoms with E-state index in [0.29, 0.717) is 50.4 Å². The fourth-order valence-electron chi connectivity index (χ4n) is 3.94. The lowest BCUT2D eigenvalue weighted by Crippen LogP contribution is -2.49. The van der Waals surface area contributed by atoms with Crippen molar-refractivity contribution in [3.05, 3.63) is 45.6 Å². The molecule has 0 spiro atoms. The van der Waals surface area contributed by atoms with Gasteiger partial charge in [0.25, 0.3) is 0 Å². The Labute approximate surface area is 190 Å². The Balaban J connectivity index is 1.83. The smallest absolute Gasteiger partial charge is 0.338 e. The van der Waals surface area contributed by atoms with E-state index < -0.39 is 12.0 Å². The van der Waals surface area contributed by atoms with Crippen LogP contribution in [-0.2, 0) is 19.1 Å². The maximum absolute atomic E-state index is 12.9. The van der Waals surface area contributed by atoms with E-state index in [1.807, 2.05) is 24.3 Å². The van der Waals surface area contributed by atoms with Crippen molar-refractivity contribution in [1.29, 1.82) is 0 Å². The molecule has 0 aliphatic carbocycles. The first-order chi connectivity index (χ1) is 14.9. The van der Waals surface area contributed by atoms with Crippen molar-refractivity contribution < 1.29 is 23.9 Å². The van der Waals surface area contributed by atoms with Crippen molar-refractivity contribution in [2.75, 3.05) is 32.8 Å². The highest BCUT2D eigenvalue weighted by molar-refractivity contribution is 9.10. The van der Waals surface area contributed by atoms with Crippen LogP contribution in [0.25, 0.3) is 0 Å². The average Bonchev–Trinajstić information content (AvgIpc) is 2.74. The average molecular weight is 494 g/mol. The second-order valence-electron chi connectivity index (χ2n) is 7.50. The van der Waals surface area contributed by atoms with E-state index in [2.05, 4.69) is 31.5 Å². The number of esters is 2. The molecule has 1 atom stereocenters. The number of hydrogen-bond acceptors (Lipinski definition) is 6. The highest BCUT2D eigenvalue weighted by Gasteiger charge is 2.35. The predicted molar refractivity (Wildman–Crippen MR) is 118 cm³/mol. The molecule has 0 aromatic heterocycles. The van der Waals surface area contributed by atoms with Crippen molar-refractivity contribution in [3.63, 3.8) is 0 Å². The minimum atomic E-state index is -0.614. The molecule has 168 valence electrons. The number of piperidine rings is 1. The van der Waals surface area contributed by atoms with Gasteiger partial charge in [-0.3, -0.25) is 9.69 Å². The summed E-state index contributed by atoms with van der Waals surface area (Å²) in [7, 11) is 0. The first kappa shape index (κ1) is 23.3. The lowest BCUT2D eigenvalue weighted by molar-refractivity contribution is -0.149. The number of carbonyl (C=O) groups excluding carboxylic acids is 3. The van der Waals surface area contributed by atoms with Gasteiger partial charge in [-0.05, 0) is 57.5 Å². The molecular weight excluding hydrogens is 466 g/mol. The Morgan fingerprint density at radius 1 is 1.16 bits per heavy atom. The summed E-state index contributed by atoms with van der Waals surface area (Å²) in [5.74, 6) is -0.721. The molecule has 2 N–H and O–H groups in total. The third kappa shape index (κ3) is 5.86. The van der Waals surface area contributed by atoms with Crippen molar-refractivity contribution >= 4 is 33.9 Å². The van der Waals surface area contributed by atoms with Gasteiger partial charge in [0.2, 0.25) is 0 Å². The number of urea groups is 1. The number of carbonyl (C=O) groups is 3. The van der Waals surface area contributed by atoms with Crippen LogP contribution in [-0.4, -0.2) is 55.7 Å². The fourth-order valence-corrected chi connectivity index (χ4v) is 4.36. The lowest BCUT2D eigenvalue weighted by atomic mass is 9.93. The number of halogens is 1. The quantitative estimate of drug-likeness (QED) is 0.566. The molecule has 0 saturated carbocycles. The standard InChI is InChI=1S/C22H28BrN3O5/c1-3-30-20(27)14-8-10-26(11-9-14)13-17-18(21(28)31-4-2)19(25-22(29)24-17)15-6-5-7-16(23)12-15/h5-7,12,14,19H,3-4,8-11,13H2,1-2H3,(H2,24,25,29)/t19-/m1/s1. The van der Waals surface area contributed by atoms with Crippen LogP contribution in [0.4, 0.5) is 4.79 Å². The first-order valence-electron chi connectivity index (χ1n) is 10.5. The summed E-state index contributed by atoms with van der Waals surface area (Å²) in [6, 6.07) is 6.50. The molecule has 1 fully saturated rings. The molecule has 8 nitrogen and oxygen atoms in total. The molecule has 1 aromatic carbocycles. The highest BCUT2D eigenvalue weighted by atomic mass is 79.9. The Bertz CT molecular complexity index is 864. The van der Waals surface area contributed by atoms with Gasteiger partial charge in [0.15, 0.2) is 0 Å². The summed E-state index contributed by atoms with van der Waals surface area (Å²) >= 11 is 3.45. The second-order valence-corrected chi connectivity index (χ2v) is 8.42. The van der Waals surface area contributed by atoms with Crippen LogP contribution in [0.3, 0.4) is 0 Å². The van der Waals surface area contributed by atoms with E-state index in [4.69, 9.17) is 9.47 Å². The number of rotatable bonds is 7. The van der Waals surface area contributed by atoms with Crippen LogP contribution in [0.15, 0.2) is 40.0 Å². The molecule has 2 heterocycles. The summed E-state index contributed by atoms with van der Waals surface area (Å²) in [4.78, 5) is 39.4. The van der Waals surface area contributed by atoms with E-state index in [0.717, 1.165) is 10.0 Å². The number of nitrogens with one attached hydrogen (secondary N) is 2. The molecule has 31 heavy (non-hydrogen) atoms. The fraction of sp³-hybridized carbons (Fsp3) is 0.500. The molecule has 2 amide bonds. The minimum Gasteiger partial charge on any atom is -0.466 e. The zero-order chi connectivity index (χ0) is 22.4. The molecule has 0 bridgehead atoms. The van der Waals surface area contributed by atoms with Crippen LogP contribution in [0.1, 0.15) is 38.3 Å². The van der Waals surface area contributed by atoms with Gasteiger partial charge in [0.1, 0.15) is 0 Å². The zero-order valence-electron chi connectivity index (χ0n) is 17.8. The maximum atomic E-state index is 12.9. The molecule has 2 aliphatic heterocycles. The molecular formula is C22H28BrN3O5. The highest BCUT2D eigenvalue weighted by Crippen LogP contribution is 2.30. The van der Waals surface area contributed by atoms with Gasteiger partial charge in [0.05, 0.1) is 30.7 Å². The van der Waals surface area contributed by atoms with Gasteiger partial charge in [-0.25, -0.2) is 9.59 Å². The molecule has 0 unspecified atom stereocenters. The molecule has 1 aromatic rings. The van der Waals surface area contributed by atoms with E-state index >= 15 is 0 Å². The molecule has 0 radical (unpaired) electrons. The van der Waals surface area contributed by atoms with Crippen molar-refractivity contribution in [3.8, 4) is 0 Å².